The molecule has 1 heterocycles. The lowest BCUT2D eigenvalue weighted by atomic mass is 9.98. The highest BCUT2D eigenvalue weighted by Crippen LogP contribution is 2.37. The summed E-state index contributed by atoms with van der Waals surface area (Å²) in [6.07, 6.45) is 3.29. The van der Waals surface area contributed by atoms with E-state index in [9.17, 15) is 19.8 Å². The average molecular weight is 397 g/mol. The van der Waals surface area contributed by atoms with Crippen LogP contribution < -0.4 is 0 Å². The van der Waals surface area contributed by atoms with E-state index >= 15 is 0 Å². The first kappa shape index (κ1) is 21.3. The molecule has 7 heteroatoms. The zero-order chi connectivity index (χ0) is 20.1. The van der Waals surface area contributed by atoms with Crippen LogP contribution in [0.15, 0.2) is 18.2 Å². The molecule has 0 saturated heterocycles. The second kappa shape index (κ2) is 9.24. The maximum atomic E-state index is 12.8. The number of hydrogen-bond donors (Lipinski definition) is 2. The number of fused-ring (bicyclic) bond motifs is 1. The number of halogens is 1. The van der Waals surface area contributed by atoms with Gasteiger partial charge in [0.2, 0.25) is 0 Å². The van der Waals surface area contributed by atoms with Crippen molar-refractivity contribution in [2.24, 2.45) is 5.92 Å². The molecule has 1 unspecified atom stereocenters. The van der Waals surface area contributed by atoms with E-state index in [1.165, 1.54) is 6.08 Å². The van der Waals surface area contributed by atoms with Crippen molar-refractivity contribution < 1.29 is 29.3 Å². The Bertz CT molecular complexity index is 740. The minimum atomic E-state index is -0.788. The predicted molar refractivity (Wildman–Crippen MR) is 101 cm³/mol. The predicted octanol–water partition coefficient (Wildman–Crippen LogP) is 3.80. The van der Waals surface area contributed by atoms with Gasteiger partial charge >= 0.3 is 5.97 Å². The minimum absolute atomic E-state index is 0.0209. The molecule has 2 atom stereocenters. The summed E-state index contributed by atoms with van der Waals surface area (Å²) < 4.78 is 11.3. The Hall–Kier alpha value is -2.05. The third kappa shape index (κ3) is 5.47. The molecule has 2 rings (SSSR count). The number of aromatic hydroxyl groups is 2. The van der Waals surface area contributed by atoms with Gasteiger partial charge in [-0.15, -0.1) is 0 Å². The molecule has 0 spiro atoms. The van der Waals surface area contributed by atoms with E-state index in [1.54, 1.807) is 6.08 Å². The van der Waals surface area contributed by atoms with Crippen molar-refractivity contribution in [2.45, 2.75) is 52.2 Å². The second-order valence-electron chi connectivity index (χ2n) is 7.02. The lowest BCUT2D eigenvalue weighted by Crippen LogP contribution is -2.29. The first-order valence-electron chi connectivity index (χ1n) is 8.96. The quantitative estimate of drug-likeness (QED) is 0.701. The number of ketones is 1. The molecule has 0 saturated carbocycles. The fourth-order valence-electron chi connectivity index (χ4n) is 2.91. The van der Waals surface area contributed by atoms with Crippen molar-refractivity contribution >= 4 is 23.4 Å². The van der Waals surface area contributed by atoms with Gasteiger partial charge in [-0.2, -0.15) is 0 Å². The van der Waals surface area contributed by atoms with Crippen LogP contribution in [-0.2, 0) is 20.7 Å². The third-order valence-electron chi connectivity index (χ3n) is 4.43. The van der Waals surface area contributed by atoms with Crippen LogP contribution >= 0.6 is 11.6 Å². The number of phenols is 2. The van der Waals surface area contributed by atoms with Gasteiger partial charge in [0.05, 0.1) is 17.7 Å². The van der Waals surface area contributed by atoms with Crippen LogP contribution in [-0.4, -0.2) is 40.8 Å². The maximum Gasteiger partial charge on any atom is 0.342 e. The Kier molecular flexibility index (Phi) is 7.27. The Morgan fingerprint density at radius 2 is 1.93 bits per heavy atom. The summed E-state index contributed by atoms with van der Waals surface area (Å²) in [6.45, 7) is 6.18. The molecule has 148 valence electrons. The standard InChI is InChI=1S/C20H25ClO6/c1-11(2)17-8-12(3)26-7-5-4-6-13(22)9-14-18(20(25)27-17)15(23)10-16(24)19(14)21/h4,6,10-12,17,23-24H,5,7-9H2,1-3H3/b6-4+/t12?,17-/m0/s1. The highest BCUT2D eigenvalue weighted by atomic mass is 35.5. The van der Waals surface area contributed by atoms with E-state index in [0.717, 1.165) is 6.07 Å². The number of ether oxygens (including phenoxy) is 2. The number of phenolic OH excluding ortho intramolecular Hbond substituents is 2. The molecular weight excluding hydrogens is 372 g/mol. The molecule has 27 heavy (non-hydrogen) atoms. The van der Waals surface area contributed by atoms with Gasteiger partial charge in [0.1, 0.15) is 23.2 Å². The van der Waals surface area contributed by atoms with Gasteiger partial charge in [-0.05, 0) is 25.3 Å². The number of allylic oxidation sites excluding steroid dienone is 1. The zero-order valence-corrected chi connectivity index (χ0v) is 16.5. The number of carbonyl (C=O) groups is 2. The van der Waals surface area contributed by atoms with E-state index in [-0.39, 0.29) is 40.4 Å². The summed E-state index contributed by atoms with van der Waals surface area (Å²) in [5.74, 6) is -1.97. The Morgan fingerprint density at radius 3 is 2.59 bits per heavy atom. The van der Waals surface area contributed by atoms with Crippen molar-refractivity contribution in [2.75, 3.05) is 6.61 Å². The number of esters is 1. The highest BCUT2D eigenvalue weighted by Gasteiger charge is 2.28. The summed E-state index contributed by atoms with van der Waals surface area (Å²) in [5, 5.41) is 20.0. The molecule has 0 aliphatic carbocycles. The number of hydrogen-bond acceptors (Lipinski definition) is 6. The van der Waals surface area contributed by atoms with Crippen LogP contribution in [0, 0.1) is 5.92 Å². The molecule has 1 aromatic carbocycles. The minimum Gasteiger partial charge on any atom is -0.507 e. The molecule has 0 amide bonds. The fourth-order valence-corrected chi connectivity index (χ4v) is 3.13. The number of cyclic esters (lactones) is 1. The first-order valence-corrected chi connectivity index (χ1v) is 9.33. The molecule has 1 aromatic rings. The fraction of sp³-hybridized carbons (Fsp3) is 0.500. The topological polar surface area (TPSA) is 93.1 Å². The lowest BCUT2D eigenvalue weighted by molar-refractivity contribution is -0.114. The third-order valence-corrected chi connectivity index (χ3v) is 4.85. The van der Waals surface area contributed by atoms with Crippen molar-refractivity contribution in [1.82, 2.24) is 0 Å². The van der Waals surface area contributed by atoms with E-state index in [0.29, 0.717) is 19.4 Å². The van der Waals surface area contributed by atoms with Crippen LogP contribution in [0.3, 0.4) is 0 Å². The SMILES string of the molecule is CC1C[C@@H](C(C)C)OC(=O)c2c(O)cc(O)c(Cl)c2CC(=O)/C=C/CCO1. The van der Waals surface area contributed by atoms with Gasteiger partial charge in [-0.1, -0.05) is 31.5 Å². The van der Waals surface area contributed by atoms with E-state index < -0.39 is 23.6 Å². The Morgan fingerprint density at radius 1 is 1.22 bits per heavy atom. The Labute approximate surface area is 163 Å². The molecule has 0 fully saturated rings. The molecule has 2 N–H and O–H groups in total. The Balaban J connectivity index is 2.50. The second-order valence-corrected chi connectivity index (χ2v) is 7.40. The smallest absolute Gasteiger partial charge is 0.342 e. The van der Waals surface area contributed by atoms with Crippen LogP contribution in [0.2, 0.25) is 5.02 Å². The first-order chi connectivity index (χ1) is 12.7. The summed E-state index contributed by atoms with van der Waals surface area (Å²) in [6, 6.07) is 0.974. The number of benzene rings is 1. The van der Waals surface area contributed by atoms with Gasteiger partial charge in [0.25, 0.3) is 0 Å². The highest BCUT2D eigenvalue weighted by molar-refractivity contribution is 6.33. The van der Waals surface area contributed by atoms with Crippen LogP contribution in [0.4, 0.5) is 0 Å². The molecule has 1 aliphatic rings. The van der Waals surface area contributed by atoms with Gasteiger partial charge in [0.15, 0.2) is 5.78 Å². The molecule has 0 radical (unpaired) electrons. The normalized spacial score (nSPS) is 23.4. The van der Waals surface area contributed by atoms with Crippen molar-refractivity contribution in [3.63, 3.8) is 0 Å². The van der Waals surface area contributed by atoms with Crippen LogP contribution in [0.1, 0.15) is 49.5 Å². The van der Waals surface area contributed by atoms with Gasteiger partial charge < -0.3 is 19.7 Å². The summed E-state index contributed by atoms with van der Waals surface area (Å²) in [5.41, 5.74) is -0.145. The van der Waals surface area contributed by atoms with E-state index in [4.69, 9.17) is 21.1 Å². The average Bonchev–Trinajstić information content (AvgIpc) is 2.57. The van der Waals surface area contributed by atoms with Gasteiger partial charge in [-0.25, -0.2) is 4.79 Å². The number of rotatable bonds is 1. The van der Waals surface area contributed by atoms with E-state index in [1.807, 2.05) is 20.8 Å². The zero-order valence-electron chi connectivity index (χ0n) is 15.7. The molecule has 0 bridgehead atoms. The van der Waals surface area contributed by atoms with Crippen LogP contribution in [0.5, 0.6) is 11.5 Å². The lowest BCUT2D eigenvalue weighted by Gasteiger charge is -2.25. The molecular formula is C20H25ClO6. The molecule has 0 aromatic heterocycles. The summed E-state index contributed by atoms with van der Waals surface area (Å²) in [7, 11) is 0. The van der Waals surface area contributed by atoms with Crippen LogP contribution in [0.25, 0.3) is 0 Å². The molecule has 6 nitrogen and oxygen atoms in total. The summed E-state index contributed by atoms with van der Waals surface area (Å²) >= 11 is 6.12. The molecule has 1 aliphatic heterocycles. The maximum absolute atomic E-state index is 12.8. The number of carbonyl (C=O) groups excluding carboxylic acids is 2. The van der Waals surface area contributed by atoms with Crippen molar-refractivity contribution in [3.05, 3.63) is 34.4 Å². The van der Waals surface area contributed by atoms with Gasteiger partial charge in [-0.3, -0.25) is 4.79 Å². The van der Waals surface area contributed by atoms with Gasteiger partial charge in [0, 0.05) is 24.5 Å². The van der Waals surface area contributed by atoms with E-state index in [2.05, 4.69) is 0 Å². The summed E-state index contributed by atoms with van der Waals surface area (Å²) in [4.78, 5) is 25.0. The van der Waals surface area contributed by atoms with Crippen molar-refractivity contribution in [3.8, 4) is 11.5 Å². The largest absolute Gasteiger partial charge is 0.507 e. The monoisotopic (exact) mass is 396 g/mol. The van der Waals surface area contributed by atoms with Crippen molar-refractivity contribution in [1.29, 1.82) is 0 Å².